The minimum atomic E-state index is -0.705. The van der Waals surface area contributed by atoms with Crippen molar-refractivity contribution in [1.82, 2.24) is 5.32 Å². The van der Waals surface area contributed by atoms with Gasteiger partial charge in [-0.2, -0.15) is 0 Å². The third-order valence-corrected chi connectivity index (χ3v) is 4.95. The van der Waals surface area contributed by atoms with Gasteiger partial charge >= 0.3 is 5.97 Å². The largest absolute Gasteiger partial charge is 0.480 e. The standard InChI is InChI=1S/C9H15NO2S/c1-6-3-2-4-9(6)10-7(5-13-9)8(11)12/h6-7,10H,2-5H2,1H3,(H,11,12)/t6?,7-,9?/m0/s1. The normalized spacial score (nSPS) is 44.4. The van der Waals surface area contributed by atoms with Crippen molar-refractivity contribution in [3.8, 4) is 0 Å². The molecule has 2 rings (SSSR count). The molecule has 0 bridgehead atoms. The number of hydrogen-bond donors (Lipinski definition) is 2. The average Bonchev–Trinajstić information content (AvgIpc) is 2.63. The van der Waals surface area contributed by atoms with Gasteiger partial charge in [-0.3, -0.25) is 10.1 Å². The van der Waals surface area contributed by atoms with Gasteiger partial charge in [0, 0.05) is 5.75 Å². The second-order valence-corrected chi connectivity index (χ2v) is 5.38. The molecule has 2 fully saturated rings. The molecule has 0 radical (unpaired) electrons. The zero-order chi connectivity index (χ0) is 9.47. The summed E-state index contributed by atoms with van der Waals surface area (Å²) in [4.78, 5) is 10.9. The summed E-state index contributed by atoms with van der Waals surface area (Å²) < 4.78 is 0. The van der Waals surface area contributed by atoms with Crippen LogP contribution < -0.4 is 5.32 Å². The van der Waals surface area contributed by atoms with Crippen LogP contribution in [0.1, 0.15) is 26.2 Å². The van der Waals surface area contributed by atoms with Crippen LogP contribution in [0.25, 0.3) is 0 Å². The number of hydrogen-bond acceptors (Lipinski definition) is 3. The summed E-state index contributed by atoms with van der Waals surface area (Å²) in [6.45, 7) is 2.22. The summed E-state index contributed by atoms with van der Waals surface area (Å²) in [5.74, 6) is 0.630. The van der Waals surface area contributed by atoms with Crippen molar-refractivity contribution in [1.29, 1.82) is 0 Å². The first kappa shape index (κ1) is 9.34. The Labute approximate surface area is 82.3 Å². The van der Waals surface area contributed by atoms with Gasteiger partial charge in [-0.25, -0.2) is 0 Å². The molecule has 1 aliphatic carbocycles. The van der Waals surface area contributed by atoms with E-state index < -0.39 is 5.97 Å². The highest BCUT2D eigenvalue weighted by atomic mass is 32.2. The molecule has 0 aromatic rings. The molecule has 3 nitrogen and oxygen atoms in total. The molecule has 3 atom stereocenters. The fourth-order valence-corrected chi connectivity index (χ4v) is 3.93. The van der Waals surface area contributed by atoms with Gasteiger partial charge in [0.1, 0.15) is 6.04 Å². The van der Waals surface area contributed by atoms with E-state index in [0.29, 0.717) is 5.92 Å². The molecule has 2 unspecified atom stereocenters. The van der Waals surface area contributed by atoms with Crippen LogP contribution in [0.15, 0.2) is 0 Å². The molecule has 2 aliphatic rings. The molecule has 1 saturated carbocycles. The van der Waals surface area contributed by atoms with Crippen molar-refractivity contribution in [2.45, 2.75) is 37.1 Å². The molecule has 0 amide bonds. The van der Waals surface area contributed by atoms with Gasteiger partial charge in [0.25, 0.3) is 0 Å². The Morgan fingerprint density at radius 2 is 2.46 bits per heavy atom. The van der Waals surface area contributed by atoms with Gasteiger partial charge in [-0.1, -0.05) is 13.3 Å². The van der Waals surface area contributed by atoms with Gasteiger partial charge in [-0.15, -0.1) is 11.8 Å². The van der Waals surface area contributed by atoms with Crippen molar-refractivity contribution in [3.63, 3.8) is 0 Å². The van der Waals surface area contributed by atoms with Crippen LogP contribution in [-0.2, 0) is 4.79 Å². The molecule has 13 heavy (non-hydrogen) atoms. The van der Waals surface area contributed by atoms with E-state index in [9.17, 15) is 4.79 Å². The minimum Gasteiger partial charge on any atom is -0.480 e. The van der Waals surface area contributed by atoms with E-state index in [0.717, 1.165) is 12.2 Å². The van der Waals surface area contributed by atoms with Crippen molar-refractivity contribution < 1.29 is 9.90 Å². The molecule has 1 aliphatic heterocycles. The fraction of sp³-hybridized carbons (Fsp3) is 0.889. The van der Waals surface area contributed by atoms with Crippen LogP contribution in [0.3, 0.4) is 0 Å². The second-order valence-electron chi connectivity index (χ2n) is 4.03. The first-order chi connectivity index (χ1) is 6.14. The Hall–Kier alpha value is -0.220. The summed E-state index contributed by atoms with van der Waals surface area (Å²) in [5.41, 5.74) is 0. The monoisotopic (exact) mass is 201 g/mol. The summed E-state index contributed by atoms with van der Waals surface area (Å²) >= 11 is 1.80. The van der Waals surface area contributed by atoms with Crippen molar-refractivity contribution in [2.24, 2.45) is 5.92 Å². The number of carbonyl (C=O) groups is 1. The molecular formula is C9H15NO2S. The fourth-order valence-electron chi connectivity index (χ4n) is 2.32. The maximum atomic E-state index is 10.8. The van der Waals surface area contributed by atoms with Crippen molar-refractivity contribution >= 4 is 17.7 Å². The zero-order valence-electron chi connectivity index (χ0n) is 7.75. The molecule has 0 aromatic carbocycles. The molecule has 1 heterocycles. The highest BCUT2D eigenvalue weighted by molar-refractivity contribution is 8.01. The summed E-state index contributed by atoms with van der Waals surface area (Å²) in [6, 6.07) is -0.328. The van der Waals surface area contributed by atoms with E-state index in [-0.39, 0.29) is 10.9 Å². The average molecular weight is 201 g/mol. The van der Waals surface area contributed by atoms with Gasteiger partial charge in [0.05, 0.1) is 4.87 Å². The number of thioether (sulfide) groups is 1. The second kappa shape index (κ2) is 3.17. The zero-order valence-corrected chi connectivity index (χ0v) is 8.56. The third-order valence-electron chi connectivity index (χ3n) is 3.21. The van der Waals surface area contributed by atoms with Gasteiger partial charge in [0.2, 0.25) is 0 Å². The van der Waals surface area contributed by atoms with Crippen LogP contribution in [0.5, 0.6) is 0 Å². The van der Waals surface area contributed by atoms with E-state index in [4.69, 9.17) is 5.11 Å². The first-order valence-corrected chi connectivity index (χ1v) is 5.77. The molecule has 0 aromatic heterocycles. The Kier molecular flexibility index (Phi) is 2.28. The molecule has 74 valence electrons. The lowest BCUT2D eigenvalue weighted by Gasteiger charge is -2.28. The molecule has 4 heteroatoms. The summed E-state index contributed by atoms with van der Waals surface area (Å²) in [7, 11) is 0. The highest BCUT2D eigenvalue weighted by Crippen LogP contribution is 2.47. The van der Waals surface area contributed by atoms with Crippen LogP contribution in [0.2, 0.25) is 0 Å². The van der Waals surface area contributed by atoms with Crippen LogP contribution >= 0.6 is 11.8 Å². The Balaban J connectivity index is 2.07. The van der Waals surface area contributed by atoms with E-state index in [1.807, 2.05) is 0 Å². The van der Waals surface area contributed by atoms with Gasteiger partial charge < -0.3 is 5.11 Å². The maximum absolute atomic E-state index is 10.8. The van der Waals surface area contributed by atoms with Gasteiger partial charge in [-0.05, 0) is 18.8 Å². The lowest BCUT2D eigenvalue weighted by Crippen LogP contribution is -2.46. The first-order valence-electron chi connectivity index (χ1n) is 4.78. The number of rotatable bonds is 1. The predicted octanol–water partition coefficient (Wildman–Crippen LogP) is 1.29. The topological polar surface area (TPSA) is 49.3 Å². The molecular weight excluding hydrogens is 186 g/mol. The molecule has 1 spiro atoms. The van der Waals surface area contributed by atoms with E-state index in [1.165, 1.54) is 12.8 Å². The summed E-state index contributed by atoms with van der Waals surface area (Å²) in [6.07, 6.45) is 3.59. The number of carboxylic acid groups (broad SMARTS) is 1. The Morgan fingerprint density at radius 3 is 2.92 bits per heavy atom. The smallest absolute Gasteiger partial charge is 0.321 e. The summed E-state index contributed by atoms with van der Waals surface area (Å²) in [5, 5.41) is 12.1. The number of aliphatic carboxylic acids is 1. The van der Waals surface area contributed by atoms with Crippen molar-refractivity contribution in [2.75, 3.05) is 5.75 Å². The predicted molar refractivity (Wildman–Crippen MR) is 52.8 cm³/mol. The minimum absolute atomic E-state index is 0.0864. The quantitative estimate of drug-likeness (QED) is 0.671. The van der Waals surface area contributed by atoms with Crippen LogP contribution in [-0.4, -0.2) is 27.7 Å². The molecule has 2 N–H and O–H groups in total. The van der Waals surface area contributed by atoms with E-state index in [2.05, 4.69) is 12.2 Å². The maximum Gasteiger partial charge on any atom is 0.321 e. The third kappa shape index (κ3) is 1.46. The Morgan fingerprint density at radius 1 is 1.69 bits per heavy atom. The number of carboxylic acids is 1. The molecule has 1 saturated heterocycles. The van der Waals surface area contributed by atoms with Gasteiger partial charge in [0.15, 0.2) is 0 Å². The Bertz CT molecular complexity index is 234. The van der Waals surface area contributed by atoms with Crippen molar-refractivity contribution in [3.05, 3.63) is 0 Å². The highest BCUT2D eigenvalue weighted by Gasteiger charge is 2.47. The SMILES string of the molecule is CC1CCCC12N[C@H](C(=O)O)CS2. The lowest BCUT2D eigenvalue weighted by molar-refractivity contribution is -0.138. The van der Waals surface area contributed by atoms with E-state index >= 15 is 0 Å². The van der Waals surface area contributed by atoms with E-state index in [1.54, 1.807) is 11.8 Å². The number of nitrogens with one attached hydrogen (secondary N) is 1. The van der Waals surface area contributed by atoms with Crippen LogP contribution in [0.4, 0.5) is 0 Å². The lowest BCUT2D eigenvalue weighted by atomic mass is 10.1. The van der Waals surface area contributed by atoms with Crippen LogP contribution in [0, 0.1) is 5.92 Å².